The molecule has 0 saturated carbocycles. The van der Waals surface area contributed by atoms with Crippen LogP contribution < -0.4 is 15.4 Å². The highest BCUT2D eigenvalue weighted by atomic mass is 35.5. The summed E-state index contributed by atoms with van der Waals surface area (Å²) in [5.41, 5.74) is 2.91. The summed E-state index contributed by atoms with van der Waals surface area (Å²) in [6.07, 6.45) is 3.29. The van der Waals surface area contributed by atoms with E-state index >= 15 is 0 Å². The number of aromatic nitrogens is 2. The van der Waals surface area contributed by atoms with E-state index in [0.717, 1.165) is 36.2 Å². The minimum absolute atomic E-state index is 0.0236. The third-order valence-corrected chi connectivity index (χ3v) is 5.80. The van der Waals surface area contributed by atoms with Gasteiger partial charge in [-0.3, -0.25) is 0 Å². The highest BCUT2D eigenvalue weighted by molar-refractivity contribution is 6.31. The third kappa shape index (κ3) is 4.94. The van der Waals surface area contributed by atoms with Crippen molar-refractivity contribution in [1.82, 2.24) is 14.9 Å². The van der Waals surface area contributed by atoms with E-state index in [0.29, 0.717) is 35.9 Å². The smallest absolute Gasteiger partial charge is 0.144 e. The number of anilines is 3. The van der Waals surface area contributed by atoms with Gasteiger partial charge in [-0.15, -0.1) is 0 Å². The predicted octanol–water partition coefficient (Wildman–Crippen LogP) is 5.48. The molecule has 3 aromatic rings. The lowest BCUT2D eigenvalue weighted by Gasteiger charge is -2.25. The van der Waals surface area contributed by atoms with Crippen LogP contribution in [0.2, 0.25) is 5.02 Å². The summed E-state index contributed by atoms with van der Waals surface area (Å²) in [6, 6.07) is 10.4. The van der Waals surface area contributed by atoms with Crippen LogP contribution in [-0.4, -0.2) is 40.6 Å². The van der Waals surface area contributed by atoms with Gasteiger partial charge < -0.3 is 20.3 Å². The molecule has 170 valence electrons. The molecule has 0 bridgehead atoms. The van der Waals surface area contributed by atoms with Gasteiger partial charge in [0.15, 0.2) is 0 Å². The molecule has 7 nitrogen and oxygen atoms in total. The third-order valence-electron chi connectivity index (χ3n) is 5.51. The van der Waals surface area contributed by atoms with Gasteiger partial charge in [-0.2, -0.15) is 5.26 Å². The van der Waals surface area contributed by atoms with Crippen LogP contribution in [-0.2, 0) is 0 Å². The molecule has 2 aromatic carbocycles. The van der Waals surface area contributed by atoms with Crippen molar-refractivity contribution >= 4 is 39.7 Å². The summed E-state index contributed by atoms with van der Waals surface area (Å²) in [6.45, 7) is 7.87. The molecule has 1 aliphatic heterocycles. The van der Waals surface area contributed by atoms with Crippen LogP contribution in [0.25, 0.3) is 10.9 Å². The molecule has 9 heteroatoms. The lowest BCUT2D eigenvalue weighted by Crippen LogP contribution is -2.30. The molecule has 1 atom stereocenters. The van der Waals surface area contributed by atoms with E-state index in [4.69, 9.17) is 16.3 Å². The molecule has 1 unspecified atom stereocenters. The summed E-state index contributed by atoms with van der Waals surface area (Å²) < 4.78 is 19.4. The summed E-state index contributed by atoms with van der Waals surface area (Å²) in [7, 11) is 0. The van der Waals surface area contributed by atoms with E-state index in [1.807, 2.05) is 24.0 Å². The fourth-order valence-corrected chi connectivity index (χ4v) is 4.07. The van der Waals surface area contributed by atoms with Gasteiger partial charge in [-0.05, 0) is 44.0 Å². The Morgan fingerprint density at radius 3 is 2.97 bits per heavy atom. The molecule has 0 aliphatic carbocycles. The minimum Gasteiger partial charge on any atom is -0.492 e. The zero-order valence-electron chi connectivity index (χ0n) is 18.2. The van der Waals surface area contributed by atoms with Crippen LogP contribution in [0.4, 0.5) is 21.6 Å². The normalized spacial score (nSPS) is 15.3. The SMILES string of the molecule is C=C(CNc1cc2c(Nc3ccc(F)c(Cl)c3)ncnc2cc1OCC)N1CCCC1C#N. The Hall–Kier alpha value is -3.57. The number of likely N-dealkylation sites (tertiary alicyclic amines) is 1. The van der Waals surface area contributed by atoms with E-state index in [1.54, 1.807) is 6.07 Å². The zero-order valence-corrected chi connectivity index (χ0v) is 19.0. The lowest BCUT2D eigenvalue weighted by atomic mass is 10.1. The first-order chi connectivity index (χ1) is 16.0. The summed E-state index contributed by atoms with van der Waals surface area (Å²) in [4.78, 5) is 10.8. The molecule has 1 saturated heterocycles. The average molecular weight is 467 g/mol. The van der Waals surface area contributed by atoms with Gasteiger partial charge in [-0.25, -0.2) is 14.4 Å². The Balaban J connectivity index is 1.63. The molecule has 0 amide bonds. The van der Waals surface area contributed by atoms with Crippen LogP contribution in [0, 0.1) is 17.1 Å². The summed E-state index contributed by atoms with van der Waals surface area (Å²) >= 11 is 5.92. The van der Waals surface area contributed by atoms with Crippen molar-refractivity contribution in [1.29, 1.82) is 5.26 Å². The standard InChI is InChI=1S/C24H24ClFN6O/c1-3-33-23-11-21-18(10-22(23)28-13-15(2)32-8-4-5-17(32)12-27)24(30-14-29-21)31-16-6-7-20(26)19(25)9-16/h6-7,9-11,14,17,28H,2-5,8,13H2,1H3,(H,29,30,31). The number of nitrogens with one attached hydrogen (secondary N) is 2. The number of hydrogen-bond acceptors (Lipinski definition) is 7. The predicted molar refractivity (Wildman–Crippen MR) is 128 cm³/mol. The van der Waals surface area contributed by atoms with Crippen molar-refractivity contribution in [3.63, 3.8) is 0 Å². The second-order valence-electron chi connectivity index (χ2n) is 7.67. The van der Waals surface area contributed by atoms with Crippen LogP contribution in [0.3, 0.4) is 0 Å². The number of ether oxygens (including phenoxy) is 1. The van der Waals surface area contributed by atoms with E-state index in [-0.39, 0.29) is 11.1 Å². The Labute approximate surface area is 196 Å². The molecular weight excluding hydrogens is 443 g/mol. The van der Waals surface area contributed by atoms with Crippen LogP contribution in [0.15, 0.2) is 48.9 Å². The maximum Gasteiger partial charge on any atom is 0.144 e. The maximum atomic E-state index is 13.5. The summed E-state index contributed by atoms with van der Waals surface area (Å²) in [5, 5.41) is 16.7. The Morgan fingerprint density at radius 1 is 1.36 bits per heavy atom. The topological polar surface area (TPSA) is 86.1 Å². The van der Waals surface area contributed by atoms with Crippen molar-refractivity contribution in [2.75, 3.05) is 30.3 Å². The molecular formula is C24H24ClFN6O. The van der Waals surface area contributed by atoms with Gasteiger partial charge in [0, 0.05) is 29.4 Å². The van der Waals surface area contributed by atoms with Gasteiger partial charge in [-0.1, -0.05) is 18.2 Å². The van der Waals surface area contributed by atoms with E-state index in [2.05, 4.69) is 33.2 Å². The zero-order chi connectivity index (χ0) is 23.4. The molecule has 2 heterocycles. The van der Waals surface area contributed by atoms with Crippen LogP contribution in [0.5, 0.6) is 5.75 Å². The van der Waals surface area contributed by atoms with Crippen LogP contribution in [0.1, 0.15) is 19.8 Å². The first kappa shape index (κ1) is 22.6. The minimum atomic E-state index is -0.487. The Morgan fingerprint density at radius 2 is 2.21 bits per heavy atom. The van der Waals surface area contributed by atoms with E-state index in [9.17, 15) is 9.65 Å². The molecule has 4 rings (SSSR count). The van der Waals surface area contributed by atoms with Crippen molar-refractivity contribution in [2.24, 2.45) is 0 Å². The monoisotopic (exact) mass is 466 g/mol. The molecule has 1 aromatic heterocycles. The van der Waals surface area contributed by atoms with E-state index < -0.39 is 5.82 Å². The number of nitriles is 1. The highest BCUT2D eigenvalue weighted by Gasteiger charge is 2.25. The van der Waals surface area contributed by atoms with Gasteiger partial charge in [0.2, 0.25) is 0 Å². The van der Waals surface area contributed by atoms with Gasteiger partial charge in [0.25, 0.3) is 0 Å². The number of benzene rings is 2. The molecule has 0 spiro atoms. The van der Waals surface area contributed by atoms with Gasteiger partial charge in [0.05, 0.1) is 35.4 Å². The second kappa shape index (κ2) is 9.92. The van der Waals surface area contributed by atoms with Crippen molar-refractivity contribution in [2.45, 2.75) is 25.8 Å². The van der Waals surface area contributed by atoms with Gasteiger partial charge >= 0.3 is 0 Å². The fourth-order valence-electron chi connectivity index (χ4n) is 3.89. The number of nitrogens with zero attached hydrogens (tertiary/aromatic N) is 4. The first-order valence-electron chi connectivity index (χ1n) is 10.7. The molecule has 1 fully saturated rings. The van der Waals surface area contributed by atoms with Crippen molar-refractivity contribution in [3.05, 3.63) is 59.8 Å². The second-order valence-corrected chi connectivity index (χ2v) is 8.08. The van der Waals surface area contributed by atoms with Crippen molar-refractivity contribution in [3.8, 4) is 11.8 Å². The Kier molecular flexibility index (Phi) is 6.80. The quantitative estimate of drug-likeness (QED) is 0.454. The number of halogens is 2. The maximum absolute atomic E-state index is 13.5. The average Bonchev–Trinajstić information content (AvgIpc) is 3.29. The van der Waals surface area contributed by atoms with E-state index in [1.165, 1.54) is 18.5 Å². The summed E-state index contributed by atoms with van der Waals surface area (Å²) in [5.74, 6) is 0.724. The largest absolute Gasteiger partial charge is 0.492 e. The van der Waals surface area contributed by atoms with Crippen molar-refractivity contribution < 1.29 is 9.13 Å². The molecule has 0 radical (unpaired) electrons. The van der Waals surface area contributed by atoms with Gasteiger partial charge in [0.1, 0.15) is 29.8 Å². The number of fused-ring (bicyclic) bond motifs is 1. The highest BCUT2D eigenvalue weighted by Crippen LogP contribution is 2.34. The molecule has 1 aliphatic rings. The first-order valence-corrected chi connectivity index (χ1v) is 11.1. The van der Waals surface area contributed by atoms with Crippen LogP contribution >= 0.6 is 11.6 Å². The lowest BCUT2D eigenvalue weighted by molar-refractivity contribution is 0.341. The fraction of sp³-hybridized carbons (Fsp3) is 0.292. The number of rotatable bonds is 8. The molecule has 2 N–H and O–H groups in total. The molecule has 33 heavy (non-hydrogen) atoms. The number of hydrogen-bond donors (Lipinski definition) is 2. The Bertz CT molecular complexity index is 1230.